The highest BCUT2D eigenvalue weighted by Gasteiger charge is 2.59. The topological polar surface area (TPSA) is 16.2 Å². The average Bonchev–Trinajstić information content (AvgIpc) is 1.15. The van der Waals surface area contributed by atoms with Gasteiger partial charge < -0.3 is 24.5 Å². The number of allylic oxidation sites excluding steroid dienone is 11. The molecule has 12 aromatic rings. The Kier molecular flexibility index (Phi) is 16.1. The number of benzene rings is 12. The van der Waals surface area contributed by atoms with Crippen molar-refractivity contribution < 1.29 is 0 Å². The number of nitrogens with zero attached hydrogens (tertiary/aromatic N) is 5. The summed E-state index contributed by atoms with van der Waals surface area (Å²) in [5.41, 5.74) is 43.4. The molecule has 5 nitrogen and oxygen atoms in total. The lowest BCUT2D eigenvalue weighted by Crippen LogP contribution is -2.66. The molecule has 0 aromatic heterocycles. The largest absolute Gasteiger partial charge is 0.365 e. The van der Waals surface area contributed by atoms with Gasteiger partial charge in [0.1, 0.15) is 0 Å². The zero-order valence-corrected chi connectivity index (χ0v) is 69.8. The van der Waals surface area contributed by atoms with Crippen molar-refractivity contribution >= 4 is 109 Å². The van der Waals surface area contributed by atoms with Crippen LogP contribution in [0, 0.1) is 52.8 Å². The summed E-state index contributed by atoms with van der Waals surface area (Å²) in [5.74, 6) is 3.15. The SMILES string of the molecule is CC1C=C2C(C)C3=C1C(C)C=C(C3C)C1(C=CC=C1c1ccccc1)C1c3cc4c(cc3B3c5ccccc5N(c5c(-c6ccccc6)cccc5-c5ccccc5)c5cc(N6/C7=C/CCCC(C)C(C7)CC6C)cc1c53)B1c3ccccc3N(c3c(-c5ccccc5)cccc3-c3ccccc3)c3cc(N5C6CC7CC(C6)CC5C7)cc(c31)N24. The number of piperidine rings is 3. The Morgan fingerprint density at radius 3 is 1.48 bits per heavy atom. The Labute approximate surface area is 709 Å². The number of hydrogen-bond acceptors (Lipinski definition) is 5. The van der Waals surface area contributed by atoms with E-state index in [1.54, 1.807) is 11.1 Å². The van der Waals surface area contributed by atoms with E-state index in [0.717, 1.165) is 31.1 Å². The monoisotopic (exact) mass is 1550 g/mol. The third-order valence-electron chi connectivity index (χ3n) is 31.9. The quantitative estimate of drug-likeness (QED) is 0.105. The van der Waals surface area contributed by atoms with Gasteiger partial charge in [-0.25, -0.2) is 0 Å². The van der Waals surface area contributed by atoms with Gasteiger partial charge in [-0.15, -0.1) is 0 Å². The van der Waals surface area contributed by atoms with Crippen molar-refractivity contribution in [1.82, 2.24) is 0 Å². The molecular formula is C113H101B2N5. The van der Waals surface area contributed by atoms with Crippen molar-refractivity contribution in [2.24, 2.45) is 52.8 Å². The van der Waals surface area contributed by atoms with Gasteiger partial charge in [0.2, 0.25) is 6.71 Å². The van der Waals surface area contributed by atoms with Gasteiger partial charge in [-0.05, 0) is 215 Å². The number of fused-ring (bicyclic) bond motifs is 15. The maximum Gasteiger partial charge on any atom is 0.252 e. The molecule has 5 fully saturated rings. The first-order valence-electron chi connectivity index (χ1n) is 45.5. The van der Waals surface area contributed by atoms with Crippen LogP contribution in [0.2, 0.25) is 0 Å². The molecule has 2 saturated carbocycles. The van der Waals surface area contributed by atoms with Gasteiger partial charge in [0.05, 0.1) is 11.4 Å². The van der Waals surface area contributed by atoms with Gasteiger partial charge in [0.15, 0.2) is 0 Å². The molecule has 9 atom stereocenters. The van der Waals surface area contributed by atoms with E-state index in [4.69, 9.17) is 0 Å². The zero-order chi connectivity index (χ0) is 79.7. The fraction of sp³-hybridized carbons (Fsp3) is 0.257. The van der Waals surface area contributed by atoms with Crippen LogP contribution in [0.3, 0.4) is 0 Å². The summed E-state index contributed by atoms with van der Waals surface area (Å²) in [7, 11) is 0. The Hall–Kier alpha value is -11.8. The summed E-state index contributed by atoms with van der Waals surface area (Å²) in [6, 6.07) is 109. The van der Waals surface area contributed by atoms with Crippen molar-refractivity contribution in [3.05, 3.63) is 354 Å². The van der Waals surface area contributed by atoms with Crippen molar-refractivity contribution in [3.8, 4) is 44.5 Å². The third-order valence-corrected chi connectivity index (χ3v) is 31.9. The number of anilines is 10. The van der Waals surface area contributed by atoms with Crippen LogP contribution in [0.25, 0.3) is 50.1 Å². The maximum absolute atomic E-state index is 3.02. The Morgan fingerprint density at radius 1 is 0.400 bits per heavy atom. The van der Waals surface area contributed by atoms with E-state index >= 15 is 0 Å². The van der Waals surface area contributed by atoms with Crippen LogP contribution in [0.5, 0.6) is 0 Å². The molecule has 3 saturated heterocycles. The first kappa shape index (κ1) is 71.2. The molecule has 584 valence electrons. The minimum absolute atomic E-state index is 0.0582. The lowest BCUT2D eigenvalue weighted by atomic mass is 9.28. The molecule has 6 aliphatic carbocycles. The first-order chi connectivity index (χ1) is 59.0. The summed E-state index contributed by atoms with van der Waals surface area (Å²) >= 11 is 0. The average molecular weight is 1550 g/mol. The van der Waals surface area contributed by atoms with Crippen LogP contribution < -0.4 is 57.3 Å². The standard InChI is InChI=1S/C113H101B2N5/c1-68-31-22-23-42-82-61-81(68)55-71(4)116(82)85-62-92-108-91-66-102-98(67-97(91)114-95-48-24-26-50-99(95)119(103(63-85)109(92)114)111-87(76-32-12-7-13-33-76)43-28-44-88(111)77-34-14-8-15-35-77)115-96-49-25-27-51-100(96)120(112-89(78-36-16-9-17-37-78)45-29-46-90(112)79-38-18-10-19-39-79)105-65-86(117-83-57-74-56-75(59-83)60-84(117)58-74)64-104(110(105)115)118(102)101-54-70(3)106-69(2)53-94(72(5)107(106)73(101)6)113(108)52-30-47-93(113)80-40-20-11-21-41-80/h7-21,24-30,32-54,62-75,81,83-84,108H,22-23,31,55-61H2,1-6H3/b82-42+. The predicted molar refractivity (Wildman–Crippen MR) is 505 cm³/mol. The lowest BCUT2D eigenvalue weighted by molar-refractivity contribution is 0.0900. The van der Waals surface area contributed by atoms with Crippen LogP contribution in [0.1, 0.15) is 128 Å². The normalized spacial score (nSPS) is 26.7. The molecule has 0 N–H and O–H groups in total. The Bertz CT molecular complexity index is 6330. The molecule has 11 bridgehead atoms. The van der Waals surface area contributed by atoms with Crippen LogP contribution in [-0.4, -0.2) is 31.6 Å². The number of hydrogen-bond donors (Lipinski definition) is 0. The minimum Gasteiger partial charge on any atom is -0.365 e. The molecule has 8 heterocycles. The molecule has 0 radical (unpaired) electrons. The highest BCUT2D eigenvalue weighted by molar-refractivity contribution is 7.02. The second-order valence-electron chi connectivity index (χ2n) is 38.2. The van der Waals surface area contributed by atoms with Crippen LogP contribution in [-0.2, 0) is 0 Å². The molecule has 8 aliphatic heterocycles. The zero-order valence-electron chi connectivity index (χ0n) is 69.8. The van der Waals surface area contributed by atoms with Crippen LogP contribution in [0.4, 0.5) is 56.9 Å². The van der Waals surface area contributed by atoms with Gasteiger partial charge >= 0.3 is 0 Å². The third kappa shape index (κ3) is 10.3. The lowest BCUT2D eigenvalue weighted by Gasteiger charge is -2.58. The summed E-state index contributed by atoms with van der Waals surface area (Å²) in [6.45, 7) is 15.3. The molecule has 26 rings (SSSR count). The molecular weight excluding hydrogens is 1450 g/mol. The minimum atomic E-state index is -0.680. The van der Waals surface area contributed by atoms with E-state index in [9.17, 15) is 0 Å². The summed E-state index contributed by atoms with van der Waals surface area (Å²) in [4.78, 5) is 14.5. The van der Waals surface area contributed by atoms with E-state index in [1.807, 2.05) is 0 Å². The van der Waals surface area contributed by atoms with Crippen LogP contribution >= 0.6 is 0 Å². The first-order valence-corrected chi connectivity index (χ1v) is 45.5. The highest BCUT2D eigenvalue weighted by atomic mass is 15.3. The molecule has 12 aromatic carbocycles. The summed E-state index contributed by atoms with van der Waals surface area (Å²) in [6.07, 6.45) is 28.5. The van der Waals surface area contributed by atoms with Gasteiger partial charge in [0, 0.05) is 120 Å². The Morgan fingerprint density at radius 2 is 0.908 bits per heavy atom. The van der Waals surface area contributed by atoms with Crippen molar-refractivity contribution in [1.29, 1.82) is 0 Å². The second kappa shape index (κ2) is 27.1. The number of para-hydroxylation sites is 4. The summed E-state index contributed by atoms with van der Waals surface area (Å²) in [5, 5.41) is 0. The van der Waals surface area contributed by atoms with E-state index in [0.29, 0.717) is 23.9 Å². The highest BCUT2D eigenvalue weighted by Crippen LogP contribution is 2.67. The Balaban J connectivity index is 0.841. The van der Waals surface area contributed by atoms with Crippen LogP contribution in [0.15, 0.2) is 338 Å². The molecule has 120 heavy (non-hydrogen) atoms. The van der Waals surface area contributed by atoms with Gasteiger partial charge in [0.25, 0.3) is 6.71 Å². The van der Waals surface area contributed by atoms with Crippen molar-refractivity contribution in [2.75, 3.05) is 24.5 Å². The van der Waals surface area contributed by atoms with Gasteiger partial charge in [-0.3, -0.25) is 0 Å². The fourth-order valence-electron chi connectivity index (χ4n) is 27.4. The van der Waals surface area contributed by atoms with E-state index in [2.05, 4.69) is 375 Å². The molecule has 7 heteroatoms. The van der Waals surface area contributed by atoms with E-state index < -0.39 is 5.41 Å². The molecule has 0 amide bonds. The molecule has 14 aliphatic rings. The summed E-state index contributed by atoms with van der Waals surface area (Å²) < 4.78 is 0. The second-order valence-corrected chi connectivity index (χ2v) is 38.2. The predicted octanol–water partition coefficient (Wildman–Crippen LogP) is 24.3. The van der Waals surface area contributed by atoms with E-state index in [1.165, 1.54) is 218 Å². The number of rotatable bonds is 9. The smallest absolute Gasteiger partial charge is 0.252 e. The van der Waals surface area contributed by atoms with Crippen molar-refractivity contribution in [2.45, 2.75) is 130 Å². The molecule has 9 unspecified atom stereocenters. The maximum atomic E-state index is 3.02. The van der Waals surface area contributed by atoms with Gasteiger partial charge in [-0.2, -0.15) is 0 Å². The van der Waals surface area contributed by atoms with Gasteiger partial charge in [-0.1, -0.05) is 330 Å². The fourth-order valence-corrected chi connectivity index (χ4v) is 27.4. The molecule has 1 spiro atoms. The van der Waals surface area contributed by atoms with Crippen molar-refractivity contribution in [3.63, 3.8) is 0 Å². The van der Waals surface area contributed by atoms with E-state index in [-0.39, 0.29) is 49.1 Å².